The van der Waals surface area contributed by atoms with Gasteiger partial charge in [-0.1, -0.05) is 0 Å². The third-order valence-electron chi connectivity index (χ3n) is 2.63. The van der Waals surface area contributed by atoms with Gasteiger partial charge in [0.1, 0.15) is 5.69 Å². The number of carboxylic acids is 1. The fourth-order valence-corrected chi connectivity index (χ4v) is 2.29. The van der Waals surface area contributed by atoms with Crippen molar-refractivity contribution in [1.29, 1.82) is 0 Å². The molecular weight excluding hydrogens is 302 g/mol. The lowest BCUT2D eigenvalue weighted by Gasteiger charge is -2.05. The zero-order valence-electron chi connectivity index (χ0n) is 10.6. The van der Waals surface area contributed by atoms with Gasteiger partial charge >= 0.3 is 5.97 Å². The minimum Gasteiger partial charge on any atom is -0.476 e. The SMILES string of the molecule is CS(=O)(=O)c1ccc(-n2ccc(C(=O)O)n2)c([N+](=O)[O-])c1. The van der Waals surface area contributed by atoms with Crippen molar-refractivity contribution in [1.82, 2.24) is 9.78 Å². The molecule has 21 heavy (non-hydrogen) atoms. The minimum absolute atomic E-state index is 0.0279. The molecule has 0 aliphatic rings. The molecule has 0 atom stereocenters. The zero-order chi connectivity index (χ0) is 15.8. The third-order valence-corrected chi connectivity index (χ3v) is 3.74. The van der Waals surface area contributed by atoms with Crippen LogP contribution in [0.5, 0.6) is 0 Å². The number of nitro benzene ring substituents is 1. The van der Waals surface area contributed by atoms with Crippen molar-refractivity contribution in [2.24, 2.45) is 0 Å². The summed E-state index contributed by atoms with van der Waals surface area (Å²) in [6.07, 6.45) is 2.17. The fourth-order valence-electron chi connectivity index (χ4n) is 1.65. The highest BCUT2D eigenvalue weighted by molar-refractivity contribution is 7.90. The Morgan fingerprint density at radius 1 is 1.38 bits per heavy atom. The van der Waals surface area contributed by atoms with E-state index in [0.29, 0.717) is 0 Å². The van der Waals surface area contributed by atoms with Gasteiger partial charge < -0.3 is 5.11 Å². The molecule has 0 bridgehead atoms. The Morgan fingerprint density at radius 2 is 2.05 bits per heavy atom. The molecule has 1 heterocycles. The molecule has 0 aliphatic carbocycles. The van der Waals surface area contributed by atoms with Gasteiger partial charge in [-0.15, -0.1) is 0 Å². The van der Waals surface area contributed by atoms with E-state index in [1.807, 2.05) is 0 Å². The van der Waals surface area contributed by atoms with E-state index in [2.05, 4.69) is 5.10 Å². The number of hydrogen-bond acceptors (Lipinski definition) is 6. The number of hydrogen-bond donors (Lipinski definition) is 1. The highest BCUT2D eigenvalue weighted by Crippen LogP contribution is 2.26. The maximum Gasteiger partial charge on any atom is 0.356 e. The summed E-state index contributed by atoms with van der Waals surface area (Å²) in [5, 5.41) is 23.5. The molecule has 2 rings (SSSR count). The molecule has 1 aromatic carbocycles. The number of carbonyl (C=O) groups is 1. The molecule has 0 aliphatic heterocycles. The number of benzene rings is 1. The van der Waals surface area contributed by atoms with E-state index in [1.165, 1.54) is 24.4 Å². The number of nitro groups is 1. The molecule has 0 saturated carbocycles. The van der Waals surface area contributed by atoms with Crippen LogP contribution in [0, 0.1) is 10.1 Å². The molecule has 10 heteroatoms. The number of carboxylic acid groups (broad SMARTS) is 1. The van der Waals surface area contributed by atoms with Gasteiger partial charge in [0.25, 0.3) is 5.69 Å². The molecule has 1 aromatic heterocycles. The van der Waals surface area contributed by atoms with E-state index >= 15 is 0 Å². The smallest absolute Gasteiger partial charge is 0.356 e. The van der Waals surface area contributed by atoms with Crippen LogP contribution in [0.4, 0.5) is 5.69 Å². The topological polar surface area (TPSA) is 132 Å². The van der Waals surface area contributed by atoms with Crippen molar-refractivity contribution in [2.45, 2.75) is 4.90 Å². The predicted molar refractivity (Wildman–Crippen MR) is 70.3 cm³/mol. The molecule has 0 radical (unpaired) electrons. The third kappa shape index (κ3) is 2.89. The van der Waals surface area contributed by atoms with E-state index in [1.54, 1.807) is 0 Å². The standard InChI is InChI=1S/C11H9N3O6S/c1-21(19,20)7-2-3-9(10(6-7)14(17)18)13-5-4-8(12-13)11(15)16/h2-6H,1H3,(H,15,16). The van der Waals surface area contributed by atoms with Gasteiger partial charge in [0.15, 0.2) is 15.5 Å². The van der Waals surface area contributed by atoms with Crippen LogP contribution in [0.3, 0.4) is 0 Å². The predicted octanol–water partition coefficient (Wildman–Crippen LogP) is 0.882. The van der Waals surface area contributed by atoms with Gasteiger partial charge in [0.2, 0.25) is 0 Å². The first-order valence-electron chi connectivity index (χ1n) is 5.48. The Kier molecular flexibility index (Phi) is 3.47. The summed E-state index contributed by atoms with van der Waals surface area (Å²) in [4.78, 5) is 20.9. The summed E-state index contributed by atoms with van der Waals surface area (Å²) in [6.45, 7) is 0. The first kappa shape index (κ1) is 14.7. The van der Waals surface area contributed by atoms with E-state index in [0.717, 1.165) is 17.0 Å². The average Bonchev–Trinajstić information content (AvgIpc) is 2.86. The van der Waals surface area contributed by atoms with Gasteiger partial charge in [0, 0.05) is 18.5 Å². The first-order valence-corrected chi connectivity index (χ1v) is 7.37. The van der Waals surface area contributed by atoms with Crippen LogP contribution >= 0.6 is 0 Å². The van der Waals surface area contributed by atoms with Gasteiger partial charge in [-0.25, -0.2) is 17.9 Å². The van der Waals surface area contributed by atoms with Crippen LogP contribution in [-0.4, -0.2) is 40.5 Å². The number of aromatic nitrogens is 2. The second-order valence-electron chi connectivity index (χ2n) is 4.13. The largest absolute Gasteiger partial charge is 0.476 e. The molecule has 0 fully saturated rings. The molecule has 2 aromatic rings. The summed E-state index contributed by atoms with van der Waals surface area (Å²) in [5.74, 6) is -1.27. The highest BCUT2D eigenvalue weighted by Gasteiger charge is 2.21. The second-order valence-corrected chi connectivity index (χ2v) is 6.15. The zero-order valence-corrected chi connectivity index (χ0v) is 11.4. The van der Waals surface area contributed by atoms with Crippen LogP contribution < -0.4 is 0 Å². The molecule has 9 nitrogen and oxygen atoms in total. The quantitative estimate of drug-likeness (QED) is 0.654. The molecule has 110 valence electrons. The Morgan fingerprint density at radius 3 is 2.52 bits per heavy atom. The Bertz CT molecular complexity index is 839. The summed E-state index contributed by atoms with van der Waals surface area (Å²) in [5.41, 5.74) is -0.797. The number of sulfone groups is 1. The van der Waals surface area contributed by atoms with Crippen molar-refractivity contribution in [2.75, 3.05) is 6.26 Å². The number of nitrogens with zero attached hydrogens (tertiary/aromatic N) is 3. The molecular formula is C11H9N3O6S. The normalized spacial score (nSPS) is 11.3. The van der Waals surface area contributed by atoms with Crippen molar-refractivity contribution >= 4 is 21.5 Å². The minimum atomic E-state index is -3.59. The van der Waals surface area contributed by atoms with Gasteiger partial charge in [-0.2, -0.15) is 5.10 Å². The number of aromatic carboxylic acids is 1. The van der Waals surface area contributed by atoms with E-state index in [9.17, 15) is 23.3 Å². The molecule has 1 N–H and O–H groups in total. The molecule has 0 unspecified atom stereocenters. The van der Waals surface area contributed by atoms with Crippen LogP contribution in [0.25, 0.3) is 5.69 Å². The van der Waals surface area contributed by atoms with Gasteiger partial charge in [-0.3, -0.25) is 10.1 Å². The monoisotopic (exact) mass is 311 g/mol. The van der Waals surface area contributed by atoms with E-state index in [4.69, 9.17) is 5.11 Å². The summed E-state index contributed by atoms with van der Waals surface area (Å²) < 4.78 is 23.9. The second kappa shape index (κ2) is 4.98. The highest BCUT2D eigenvalue weighted by atomic mass is 32.2. The number of rotatable bonds is 4. The first-order chi connectivity index (χ1) is 9.70. The van der Waals surface area contributed by atoms with Gasteiger partial charge in [-0.05, 0) is 18.2 Å². The summed E-state index contributed by atoms with van der Waals surface area (Å²) in [7, 11) is -3.59. The molecule has 0 amide bonds. The van der Waals surface area contributed by atoms with Crippen molar-refractivity contribution in [3.05, 3.63) is 46.3 Å². The Hall–Kier alpha value is -2.75. The van der Waals surface area contributed by atoms with Crippen molar-refractivity contribution in [3.8, 4) is 5.69 Å². The lowest BCUT2D eigenvalue weighted by molar-refractivity contribution is -0.384. The van der Waals surface area contributed by atoms with Crippen LogP contribution in [0.15, 0.2) is 35.4 Å². The maximum atomic E-state index is 11.4. The maximum absolute atomic E-state index is 11.4. The summed E-state index contributed by atoms with van der Waals surface area (Å²) in [6, 6.07) is 4.48. The van der Waals surface area contributed by atoms with E-state index < -0.39 is 26.4 Å². The average molecular weight is 311 g/mol. The fraction of sp³-hybridized carbons (Fsp3) is 0.0909. The van der Waals surface area contributed by atoms with Crippen LogP contribution in [0.1, 0.15) is 10.5 Å². The van der Waals surface area contributed by atoms with Crippen molar-refractivity contribution < 1.29 is 23.2 Å². The molecule has 0 spiro atoms. The molecule has 0 saturated heterocycles. The van der Waals surface area contributed by atoms with Gasteiger partial charge in [0.05, 0.1) is 9.82 Å². The van der Waals surface area contributed by atoms with Crippen LogP contribution in [-0.2, 0) is 9.84 Å². The lowest BCUT2D eigenvalue weighted by Crippen LogP contribution is -2.05. The lowest BCUT2D eigenvalue weighted by atomic mass is 10.2. The van der Waals surface area contributed by atoms with E-state index in [-0.39, 0.29) is 16.3 Å². The van der Waals surface area contributed by atoms with Crippen molar-refractivity contribution in [3.63, 3.8) is 0 Å². The van der Waals surface area contributed by atoms with Crippen LogP contribution in [0.2, 0.25) is 0 Å². The summed E-state index contributed by atoms with van der Waals surface area (Å²) >= 11 is 0. The Balaban J connectivity index is 2.63. The Labute approximate surface area is 118 Å².